The Labute approximate surface area is 171 Å². The molecule has 2 aromatic rings. The van der Waals surface area contributed by atoms with Crippen molar-refractivity contribution in [3.8, 4) is 5.75 Å². The molecule has 10 nitrogen and oxygen atoms in total. The fourth-order valence-electron chi connectivity index (χ4n) is 2.91. The van der Waals surface area contributed by atoms with E-state index in [2.05, 4.69) is 10.5 Å². The molecule has 1 aliphatic rings. The number of primary amides is 1. The molecule has 0 radical (unpaired) electrons. The van der Waals surface area contributed by atoms with Crippen molar-refractivity contribution in [1.29, 1.82) is 0 Å². The quantitative estimate of drug-likeness (QED) is 0.408. The van der Waals surface area contributed by atoms with E-state index in [1.807, 2.05) is 0 Å². The summed E-state index contributed by atoms with van der Waals surface area (Å²) < 4.78 is 5.08. The smallest absolute Gasteiger partial charge is 0.269 e. The minimum absolute atomic E-state index is 0.0393. The lowest BCUT2D eigenvalue weighted by Gasteiger charge is -2.26. The lowest BCUT2D eigenvalue weighted by Crippen LogP contribution is -2.37. The normalized spacial score (nSPS) is 14.2. The third kappa shape index (κ3) is 4.61. The van der Waals surface area contributed by atoms with E-state index >= 15 is 0 Å². The number of methoxy groups -OCH3 is 1. The first-order valence-corrected chi connectivity index (χ1v) is 8.93. The first kappa shape index (κ1) is 20.5. The van der Waals surface area contributed by atoms with Crippen LogP contribution in [-0.2, 0) is 9.59 Å². The Morgan fingerprint density at radius 2 is 1.87 bits per heavy atom. The van der Waals surface area contributed by atoms with E-state index in [4.69, 9.17) is 10.5 Å². The van der Waals surface area contributed by atoms with Gasteiger partial charge in [-0.1, -0.05) is 0 Å². The van der Waals surface area contributed by atoms with E-state index in [0.29, 0.717) is 29.1 Å². The summed E-state index contributed by atoms with van der Waals surface area (Å²) >= 11 is 0. The van der Waals surface area contributed by atoms with Crippen LogP contribution in [0.4, 0.5) is 17.1 Å². The highest BCUT2D eigenvalue weighted by Crippen LogP contribution is 2.24. The van der Waals surface area contributed by atoms with E-state index in [0.717, 1.165) is 0 Å². The fraction of sp³-hybridized carbons (Fsp3) is 0.150. The molecule has 1 heterocycles. The molecule has 3 rings (SSSR count). The number of carbonyl (C=O) groups is 2. The average molecular weight is 409 g/mol. The summed E-state index contributed by atoms with van der Waals surface area (Å²) in [6.45, 7) is 0.275. The van der Waals surface area contributed by atoms with Crippen molar-refractivity contribution in [2.75, 3.05) is 24.0 Å². The molecule has 0 spiro atoms. The molecule has 10 heteroatoms. The zero-order valence-corrected chi connectivity index (χ0v) is 16.1. The Hall–Kier alpha value is -4.21. The topological polar surface area (TPSA) is 140 Å². The molecule has 2 amide bonds. The van der Waals surface area contributed by atoms with Crippen LogP contribution in [0.2, 0.25) is 0 Å². The maximum atomic E-state index is 12.6. The predicted molar refractivity (Wildman–Crippen MR) is 111 cm³/mol. The maximum absolute atomic E-state index is 12.6. The van der Waals surface area contributed by atoms with Gasteiger partial charge < -0.3 is 15.4 Å². The second-order valence-corrected chi connectivity index (χ2v) is 6.35. The molecule has 0 fully saturated rings. The van der Waals surface area contributed by atoms with Gasteiger partial charge >= 0.3 is 0 Å². The van der Waals surface area contributed by atoms with Crippen molar-refractivity contribution in [3.05, 3.63) is 70.3 Å². The van der Waals surface area contributed by atoms with Crippen molar-refractivity contribution in [3.63, 3.8) is 0 Å². The van der Waals surface area contributed by atoms with Gasteiger partial charge in [-0.05, 0) is 48.4 Å². The van der Waals surface area contributed by atoms with Gasteiger partial charge in [0, 0.05) is 30.4 Å². The number of amides is 2. The predicted octanol–water partition coefficient (Wildman–Crippen LogP) is 2.22. The van der Waals surface area contributed by atoms with Gasteiger partial charge in [0.2, 0.25) is 0 Å². The SMILES string of the molecule is COc1ccc(N/N=C(/C(N)=O)C2=CC(=O)N(c3ccc([N+](=O)[O-])cc3)CC2)cc1. The van der Waals surface area contributed by atoms with Crippen LogP contribution in [-0.4, -0.2) is 36.1 Å². The minimum atomic E-state index is -0.765. The van der Waals surface area contributed by atoms with Gasteiger partial charge in [-0.25, -0.2) is 0 Å². The zero-order chi connectivity index (χ0) is 21.7. The highest BCUT2D eigenvalue weighted by molar-refractivity contribution is 6.45. The van der Waals surface area contributed by atoms with Crippen LogP contribution in [0, 0.1) is 10.1 Å². The molecule has 1 aliphatic heterocycles. The molecular weight excluding hydrogens is 390 g/mol. The van der Waals surface area contributed by atoms with Gasteiger partial charge in [0.25, 0.3) is 17.5 Å². The second-order valence-electron chi connectivity index (χ2n) is 6.35. The van der Waals surface area contributed by atoms with Crippen LogP contribution in [0.25, 0.3) is 0 Å². The van der Waals surface area contributed by atoms with Crippen molar-refractivity contribution in [1.82, 2.24) is 0 Å². The van der Waals surface area contributed by atoms with Crippen LogP contribution >= 0.6 is 0 Å². The molecular formula is C20H19N5O5. The minimum Gasteiger partial charge on any atom is -0.497 e. The monoisotopic (exact) mass is 409 g/mol. The van der Waals surface area contributed by atoms with Crippen LogP contribution < -0.4 is 20.8 Å². The number of carbonyl (C=O) groups excluding carboxylic acids is 2. The van der Waals surface area contributed by atoms with Gasteiger partial charge in [-0.2, -0.15) is 5.10 Å². The van der Waals surface area contributed by atoms with Crippen LogP contribution in [0.5, 0.6) is 5.75 Å². The van der Waals surface area contributed by atoms with Crippen molar-refractivity contribution in [2.24, 2.45) is 10.8 Å². The van der Waals surface area contributed by atoms with Gasteiger partial charge in [-0.3, -0.25) is 25.1 Å². The molecule has 0 aromatic heterocycles. The first-order valence-electron chi connectivity index (χ1n) is 8.93. The Bertz CT molecular complexity index is 1030. The van der Waals surface area contributed by atoms with Gasteiger partial charge in [0.15, 0.2) is 5.71 Å². The highest BCUT2D eigenvalue weighted by atomic mass is 16.6. The molecule has 2 aromatic carbocycles. The zero-order valence-electron chi connectivity index (χ0n) is 16.1. The summed E-state index contributed by atoms with van der Waals surface area (Å²) in [5.41, 5.74) is 9.65. The molecule has 0 aliphatic carbocycles. The van der Waals surface area contributed by atoms with E-state index in [1.165, 1.54) is 35.2 Å². The summed E-state index contributed by atoms with van der Waals surface area (Å²) in [7, 11) is 1.55. The second kappa shape index (κ2) is 8.86. The van der Waals surface area contributed by atoms with E-state index in [1.54, 1.807) is 31.4 Å². The lowest BCUT2D eigenvalue weighted by atomic mass is 10.0. The maximum Gasteiger partial charge on any atom is 0.269 e. The molecule has 3 N–H and O–H groups in total. The molecule has 0 saturated carbocycles. The third-order valence-electron chi connectivity index (χ3n) is 4.47. The summed E-state index contributed by atoms with van der Waals surface area (Å²) in [6.07, 6.45) is 1.64. The Balaban J connectivity index is 1.77. The number of benzene rings is 2. The van der Waals surface area contributed by atoms with Crippen LogP contribution in [0.1, 0.15) is 6.42 Å². The fourth-order valence-corrected chi connectivity index (χ4v) is 2.91. The number of nitrogens with one attached hydrogen (secondary N) is 1. The summed E-state index contributed by atoms with van der Waals surface area (Å²) in [5.74, 6) is -0.464. The number of nitro benzene ring substituents is 1. The van der Waals surface area contributed by atoms with Gasteiger partial charge in [-0.15, -0.1) is 0 Å². The molecule has 0 saturated heterocycles. The number of hydrogen-bond acceptors (Lipinski definition) is 7. The molecule has 0 bridgehead atoms. The third-order valence-corrected chi connectivity index (χ3v) is 4.47. The van der Waals surface area contributed by atoms with E-state index in [-0.39, 0.29) is 23.9 Å². The van der Waals surface area contributed by atoms with Crippen LogP contribution in [0.3, 0.4) is 0 Å². The van der Waals surface area contributed by atoms with E-state index in [9.17, 15) is 19.7 Å². The molecule has 0 atom stereocenters. The molecule has 154 valence electrons. The Kier molecular flexibility index (Phi) is 6.06. The highest BCUT2D eigenvalue weighted by Gasteiger charge is 2.25. The van der Waals surface area contributed by atoms with Crippen molar-refractivity contribution in [2.45, 2.75) is 6.42 Å². The summed E-state index contributed by atoms with van der Waals surface area (Å²) in [5, 5.41) is 14.9. The Morgan fingerprint density at radius 1 is 1.20 bits per heavy atom. The van der Waals surface area contributed by atoms with Crippen molar-refractivity contribution < 1.29 is 19.2 Å². The van der Waals surface area contributed by atoms with Crippen LogP contribution in [0.15, 0.2) is 65.3 Å². The average Bonchev–Trinajstić information content (AvgIpc) is 2.74. The van der Waals surface area contributed by atoms with E-state index < -0.39 is 10.8 Å². The van der Waals surface area contributed by atoms with Crippen molar-refractivity contribution >= 4 is 34.6 Å². The number of hydrogen-bond donors (Lipinski definition) is 2. The molecule has 0 unspecified atom stereocenters. The number of nitro groups is 1. The first-order chi connectivity index (χ1) is 14.4. The summed E-state index contributed by atoms with van der Waals surface area (Å²) in [4.78, 5) is 36.2. The largest absolute Gasteiger partial charge is 0.497 e. The Morgan fingerprint density at radius 3 is 2.40 bits per heavy atom. The number of anilines is 2. The number of hydrazone groups is 1. The van der Waals surface area contributed by atoms with Gasteiger partial charge in [0.05, 0.1) is 17.7 Å². The molecule has 30 heavy (non-hydrogen) atoms. The standard InChI is InChI=1S/C20H19N5O5/c1-30-17-8-2-14(3-9-17)22-23-19(20(21)27)13-10-11-24(18(26)12-13)15-4-6-16(7-5-15)25(28)29/h2-9,12,22H,10-11H2,1H3,(H2,21,27)/b23-19+. The van der Waals surface area contributed by atoms with Gasteiger partial charge in [0.1, 0.15) is 5.75 Å². The number of nitrogens with zero attached hydrogens (tertiary/aromatic N) is 3. The number of nitrogens with two attached hydrogens (primary N) is 1. The number of non-ortho nitro benzene ring substituents is 1. The number of ether oxygens (including phenoxy) is 1. The lowest BCUT2D eigenvalue weighted by molar-refractivity contribution is -0.384. The number of rotatable bonds is 7. The summed E-state index contributed by atoms with van der Waals surface area (Å²) in [6, 6.07) is 12.6.